The van der Waals surface area contributed by atoms with Crippen LogP contribution in [-0.2, 0) is 30.2 Å². The van der Waals surface area contributed by atoms with Gasteiger partial charge in [0, 0.05) is 105 Å². The Morgan fingerprint density at radius 3 is 1.46 bits per heavy atom. The van der Waals surface area contributed by atoms with E-state index >= 15 is 0 Å². The number of carbonyl (C=O) groups excluding carboxylic acids is 2. The number of benzene rings is 4. The van der Waals surface area contributed by atoms with Crippen LogP contribution in [0, 0.1) is 0 Å². The van der Waals surface area contributed by atoms with Crippen molar-refractivity contribution in [3.05, 3.63) is 188 Å². The van der Waals surface area contributed by atoms with Crippen LogP contribution < -0.4 is 65.0 Å². The number of nitrogens with two attached hydrogens (primary N) is 1. The lowest BCUT2D eigenvalue weighted by molar-refractivity contribution is -0.179. The van der Waals surface area contributed by atoms with Gasteiger partial charge in [-0.3, -0.25) is 33.0 Å². The second-order valence-electron chi connectivity index (χ2n) is 24.4. The third-order valence-electron chi connectivity index (χ3n) is 15.0. The topological polar surface area (TPSA) is 268 Å². The predicted octanol–water partition coefficient (Wildman–Crippen LogP) is 11.3. The molecule has 105 heavy (non-hydrogen) atoms. The van der Waals surface area contributed by atoms with E-state index in [0.29, 0.717) is 109 Å². The fourth-order valence-corrected chi connectivity index (χ4v) is 10.5. The van der Waals surface area contributed by atoms with Gasteiger partial charge in [0.15, 0.2) is 52.3 Å². The van der Waals surface area contributed by atoms with Crippen molar-refractivity contribution in [1.82, 2.24) is 43.8 Å². The highest BCUT2D eigenvalue weighted by atomic mass is 35.5. The standard InChI is InChI=1S/C20H22N4O3.C16H13ClN2O3.C15H21NO4.C12H16O4.C9H22N2O.C5H5ClN2/c1-26-17-4-3-14(11-18(17)27-2)16-13-22-19-12-15(5-8-24(19)20(16)25)23-9-6-21-7-10-23;1-21-13-4-3-10(7-14(13)22-2)12-9-18-15-8-11(17)5-6-19(15)16(12)20;1-6-20-15(17)12(10-16(2)3)11-7-8-13(18-4)14(9-11)19-5;1-4-16-12(13)8-9-5-6-10(14-2)11(7-9)15-3;1-9(2,3)12-8(10(4)5)11(6)7;6-4-1-2-8-5(7)3-4/h3-5,8,11-13,21H,6-7,9-10H2,1-2H3;3-9H,1-2H3;7-10H,6H2,1-5H3;5-7H,4,8H2,1-3H3;8H,1-7H3;1-3H,(H2,7,8)/b;;12-10-;;;. The first-order chi connectivity index (χ1) is 50.1. The molecule has 1 saturated heterocycles. The molecule has 0 radical (unpaired) electrons. The molecule has 4 aromatic carbocycles. The van der Waals surface area contributed by atoms with Crippen molar-refractivity contribution in [3.63, 3.8) is 0 Å². The second-order valence-corrected chi connectivity index (χ2v) is 25.2. The van der Waals surface area contributed by atoms with Crippen molar-refractivity contribution in [2.75, 3.05) is 149 Å². The zero-order valence-electron chi connectivity index (χ0n) is 63.4. The number of rotatable bonds is 21. The highest BCUT2D eigenvalue weighted by molar-refractivity contribution is 6.31. The second kappa shape index (κ2) is 42.4. The number of fused-ring (bicyclic) bond motifs is 2. The molecule has 0 saturated carbocycles. The number of esters is 2. The van der Waals surface area contributed by atoms with Crippen molar-refractivity contribution >= 4 is 63.5 Å². The van der Waals surface area contributed by atoms with Gasteiger partial charge in [-0.1, -0.05) is 47.5 Å². The molecule has 0 atom stereocenters. The molecule has 5 aromatic heterocycles. The molecule has 1 fully saturated rings. The summed E-state index contributed by atoms with van der Waals surface area (Å²) in [6, 6.07) is 31.9. The smallest absolute Gasteiger partial charge is 0.340 e. The Labute approximate surface area is 624 Å². The van der Waals surface area contributed by atoms with Crippen LogP contribution in [0.3, 0.4) is 0 Å². The van der Waals surface area contributed by atoms with Gasteiger partial charge >= 0.3 is 11.9 Å². The van der Waals surface area contributed by atoms with E-state index in [1.54, 1.807) is 196 Å². The fourth-order valence-electron chi connectivity index (χ4n) is 10.1. The number of nitrogen functional groups attached to an aromatic ring is 1. The molecule has 9 aromatic rings. The van der Waals surface area contributed by atoms with Gasteiger partial charge in [0.25, 0.3) is 11.1 Å². The first-order valence-corrected chi connectivity index (χ1v) is 34.0. The number of anilines is 2. The number of pyridine rings is 3. The average molecular weight is 1490 g/mol. The molecule has 1 aliphatic heterocycles. The summed E-state index contributed by atoms with van der Waals surface area (Å²) in [4.78, 5) is 69.6. The van der Waals surface area contributed by atoms with Crippen LogP contribution in [0.2, 0.25) is 10.0 Å². The van der Waals surface area contributed by atoms with E-state index in [1.165, 1.54) is 10.6 Å². The van der Waals surface area contributed by atoms with Gasteiger partial charge in [0.2, 0.25) is 0 Å². The van der Waals surface area contributed by atoms with Crippen LogP contribution in [0.5, 0.6) is 46.0 Å². The average Bonchev–Trinajstić information content (AvgIpc) is 0.785. The maximum atomic E-state index is 13.0. The van der Waals surface area contributed by atoms with E-state index in [0.717, 1.165) is 48.6 Å². The zero-order valence-corrected chi connectivity index (χ0v) is 64.9. The summed E-state index contributed by atoms with van der Waals surface area (Å²) < 4.78 is 60.6. The van der Waals surface area contributed by atoms with Gasteiger partial charge in [0.05, 0.1) is 98.8 Å². The normalized spacial score (nSPS) is 11.7. The summed E-state index contributed by atoms with van der Waals surface area (Å²) in [5.41, 5.74) is 11.6. The lowest BCUT2D eigenvalue weighted by Gasteiger charge is -2.35. The van der Waals surface area contributed by atoms with Gasteiger partial charge in [-0.05, 0) is 158 Å². The number of ether oxygens (including phenoxy) is 11. The Bertz CT molecular complexity index is 4400. The number of nitrogens with zero attached hydrogens (tertiary/aromatic N) is 9. The first kappa shape index (κ1) is 85.3. The highest BCUT2D eigenvalue weighted by Gasteiger charge is 2.23. The van der Waals surface area contributed by atoms with Crippen LogP contribution in [0.4, 0.5) is 11.5 Å². The van der Waals surface area contributed by atoms with Crippen LogP contribution in [0.1, 0.15) is 45.7 Å². The van der Waals surface area contributed by atoms with Gasteiger partial charge in [-0.25, -0.2) is 19.7 Å². The zero-order chi connectivity index (χ0) is 77.5. The van der Waals surface area contributed by atoms with E-state index in [4.69, 9.17) is 81.0 Å². The van der Waals surface area contributed by atoms with Crippen molar-refractivity contribution in [3.8, 4) is 68.2 Å². The molecule has 566 valence electrons. The summed E-state index contributed by atoms with van der Waals surface area (Å²) in [6.07, 6.45) is 10.1. The maximum Gasteiger partial charge on any atom is 0.340 e. The van der Waals surface area contributed by atoms with Gasteiger partial charge in [-0.15, -0.1) is 0 Å². The van der Waals surface area contributed by atoms with Crippen LogP contribution in [0.25, 0.3) is 39.1 Å². The van der Waals surface area contributed by atoms with Crippen LogP contribution in [-0.4, -0.2) is 201 Å². The molecular formula is C77H99Cl2N11O15. The molecule has 0 unspecified atom stereocenters. The summed E-state index contributed by atoms with van der Waals surface area (Å²) in [7, 11) is 24.3. The molecule has 0 bridgehead atoms. The Kier molecular flexibility index (Phi) is 34.5. The summed E-state index contributed by atoms with van der Waals surface area (Å²) >= 11 is 11.4. The van der Waals surface area contributed by atoms with Crippen molar-refractivity contribution < 1.29 is 61.7 Å². The molecule has 0 aliphatic carbocycles. The SMILES string of the molecule is CCOC(=O)/C(=C\N(C)C)c1ccc(OC)c(OC)c1.CCOC(=O)Cc1ccc(OC)c(OC)c1.CN(C)C(OC(C)(C)C)N(C)C.COc1ccc(-c2cnc3cc(Cl)ccn3c2=O)cc1OC.COc1ccc(-c2cnc3cc(N4CCNCC4)ccn3c2=O)cc1OC.Nc1cc(Cl)ccn1. The molecule has 26 nitrogen and oxygen atoms in total. The van der Waals surface area contributed by atoms with Gasteiger partial charge in [-0.2, -0.15) is 0 Å². The predicted molar refractivity (Wildman–Crippen MR) is 413 cm³/mol. The van der Waals surface area contributed by atoms with E-state index in [9.17, 15) is 19.2 Å². The molecule has 0 amide bonds. The van der Waals surface area contributed by atoms with Gasteiger partial charge < -0.3 is 73.0 Å². The number of hydrogen-bond acceptors (Lipinski definition) is 24. The Morgan fingerprint density at radius 2 is 1.02 bits per heavy atom. The number of carbonyl (C=O) groups is 2. The minimum Gasteiger partial charge on any atom is -0.493 e. The van der Waals surface area contributed by atoms with Crippen molar-refractivity contribution in [2.45, 2.75) is 53.0 Å². The first-order valence-electron chi connectivity index (χ1n) is 33.2. The molecule has 28 heteroatoms. The van der Waals surface area contributed by atoms with Crippen molar-refractivity contribution in [2.24, 2.45) is 0 Å². The van der Waals surface area contributed by atoms with E-state index in [-0.39, 0.29) is 41.4 Å². The fraction of sp³-hybridized carbons (Fsp3) is 0.364. The lowest BCUT2D eigenvalue weighted by atomic mass is 10.1. The monoisotopic (exact) mass is 1490 g/mol. The molecule has 10 rings (SSSR count). The number of aromatic nitrogens is 5. The van der Waals surface area contributed by atoms with Crippen LogP contribution in [0.15, 0.2) is 156 Å². The number of hydrogen-bond donors (Lipinski definition) is 2. The summed E-state index contributed by atoms with van der Waals surface area (Å²) in [5.74, 6) is 4.65. The number of methoxy groups -OCH3 is 8. The third kappa shape index (κ3) is 25.8. The maximum absolute atomic E-state index is 13.0. The molecule has 6 heterocycles. The van der Waals surface area contributed by atoms with Crippen molar-refractivity contribution in [1.29, 1.82) is 0 Å². The molecule has 0 spiro atoms. The molecule has 3 N–H and O–H groups in total. The number of nitrogens with one attached hydrogen (secondary N) is 1. The summed E-state index contributed by atoms with van der Waals surface area (Å²) in [6.45, 7) is 14.3. The van der Waals surface area contributed by atoms with Crippen LogP contribution >= 0.6 is 23.2 Å². The number of halogens is 2. The Hall–Kier alpha value is -10.4. The molecular weight excluding hydrogens is 1390 g/mol. The molecule has 1 aliphatic rings. The van der Waals surface area contributed by atoms with E-state index in [1.807, 2.05) is 76.4 Å². The summed E-state index contributed by atoms with van der Waals surface area (Å²) in [5, 5.41) is 4.50. The Balaban J connectivity index is 0.000000234. The minimum absolute atomic E-state index is 0.0463. The highest BCUT2D eigenvalue weighted by Crippen LogP contribution is 2.34. The van der Waals surface area contributed by atoms with E-state index < -0.39 is 0 Å². The number of piperazine rings is 1. The quantitative estimate of drug-likeness (QED) is 0.0384. The van der Waals surface area contributed by atoms with Gasteiger partial charge in [0.1, 0.15) is 17.1 Å². The largest absolute Gasteiger partial charge is 0.493 e. The lowest BCUT2D eigenvalue weighted by Crippen LogP contribution is -2.46. The third-order valence-corrected chi connectivity index (χ3v) is 15.5. The Morgan fingerprint density at radius 1 is 0.562 bits per heavy atom. The minimum atomic E-state index is -0.367. The van der Waals surface area contributed by atoms with E-state index in [2.05, 4.69) is 45.9 Å².